The van der Waals surface area contributed by atoms with E-state index < -0.39 is 16.8 Å². The molecule has 0 spiro atoms. The highest BCUT2D eigenvalue weighted by Crippen LogP contribution is 2.28. The minimum atomic E-state index is -0.899. The second-order valence-electron chi connectivity index (χ2n) is 3.69. The lowest BCUT2D eigenvalue weighted by Crippen LogP contribution is -2.17. The average Bonchev–Trinajstić information content (AvgIpc) is 2.30. The summed E-state index contributed by atoms with van der Waals surface area (Å²) in [5, 5.41) is 20.4. The summed E-state index contributed by atoms with van der Waals surface area (Å²) in [6.07, 6.45) is -0.912. The molecule has 0 aromatic heterocycles. The Morgan fingerprint density at radius 3 is 2.67 bits per heavy atom. The summed E-state index contributed by atoms with van der Waals surface area (Å²) >= 11 is 0. The number of ether oxygens (including phenoxy) is 2. The van der Waals surface area contributed by atoms with Crippen LogP contribution in [0.4, 0.5) is 10.1 Å². The number of nitrogens with zero attached hydrogens (tertiary/aromatic N) is 1. The van der Waals surface area contributed by atoms with Gasteiger partial charge in [-0.2, -0.15) is 0 Å². The molecule has 0 heterocycles. The van der Waals surface area contributed by atoms with Crippen LogP contribution in [0.3, 0.4) is 0 Å². The van der Waals surface area contributed by atoms with E-state index in [2.05, 4.69) is 0 Å². The molecule has 7 heteroatoms. The highest BCUT2D eigenvalue weighted by molar-refractivity contribution is 5.46. The fraction of sp³-hybridized carbons (Fsp3) is 0.455. The Kier molecular flexibility index (Phi) is 4.99. The Labute approximate surface area is 103 Å². The molecule has 0 aliphatic carbocycles. The molecular formula is C11H14FNO5. The Bertz CT molecular complexity index is 438. The van der Waals surface area contributed by atoms with Crippen LogP contribution in [0.25, 0.3) is 0 Å². The van der Waals surface area contributed by atoms with Crippen LogP contribution >= 0.6 is 0 Å². The van der Waals surface area contributed by atoms with Crippen molar-refractivity contribution in [3.8, 4) is 5.75 Å². The third-order valence-corrected chi connectivity index (χ3v) is 2.36. The first-order valence-corrected chi connectivity index (χ1v) is 5.17. The number of halogens is 1. The van der Waals surface area contributed by atoms with E-state index in [0.29, 0.717) is 0 Å². The maximum absolute atomic E-state index is 13.4. The van der Waals surface area contributed by atoms with Crippen LogP contribution in [0.1, 0.15) is 5.56 Å². The second-order valence-corrected chi connectivity index (χ2v) is 3.69. The molecule has 18 heavy (non-hydrogen) atoms. The van der Waals surface area contributed by atoms with E-state index in [1.165, 1.54) is 20.3 Å². The molecule has 0 aliphatic rings. The molecule has 0 fully saturated rings. The predicted molar refractivity (Wildman–Crippen MR) is 61.2 cm³/mol. The van der Waals surface area contributed by atoms with Gasteiger partial charge in [0.05, 0.1) is 30.8 Å². The van der Waals surface area contributed by atoms with Gasteiger partial charge in [0.1, 0.15) is 0 Å². The van der Waals surface area contributed by atoms with Crippen molar-refractivity contribution in [2.75, 3.05) is 20.8 Å². The highest BCUT2D eigenvalue weighted by atomic mass is 19.1. The monoisotopic (exact) mass is 259 g/mol. The van der Waals surface area contributed by atoms with Gasteiger partial charge in [0, 0.05) is 19.1 Å². The number of methoxy groups -OCH3 is 2. The van der Waals surface area contributed by atoms with Gasteiger partial charge in [-0.3, -0.25) is 10.1 Å². The summed E-state index contributed by atoms with van der Waals surface area (Å²) in [5.41, 5.74) is -0.189. The molecule has 1 aromatic carbocycles. The molecule has 0 aliphatic heterocycles. The first kappa shape index (κ1) is 14.3. The van der Waals surface area contributed by atoms with Gasteiger partial charge in [-0.05, 0) is 6.07 Å². The van der Waals surface area contributed by atoms with Crippen molar-refractivity contribution in [1.29, 1.82) is 0 Å². The van der Waals surface area contributed by atoms with Crippen LogP contribution in [0.2, 0.25) is 0 Å². The van der Waals surface area contributed by atoms with Crippen LogP contribution in [-0.2, 0) is 11.2 Å². The normalized spacial score (nSPS) is 12.2. The van der Waals surface area contributed by atoms with E-state index in [0.717, 1.165) is 6.07 Å². The Morgan fingerprint density at radius 1 is 1.50 bits per heavy atom. The van der Waals surface area contributed by atoms with Gasteiger partial charge in [-0.15, -0.1) is 0 Å². The van der Waals surface area contributed by atoms with E-state index in [4.69, 9.17) is 9.47 Å². The highest BCUT2D eigenvalue weighted by Gasteiger charge is 2.21. The number of nitro benzene ring substituents is 1. The van der Waals surface area contributed by atoms with Crippen molar-refractivity contribution >= 4 is 5.69 Å². The fourth-order valence-corrected chi connectivity index (χ4v) is 1.58. The Hall–Kier alpha value is -1.73. The lowest BCUT2D eigenvalue weighted by Gasteiger charge is -2.11. The maximum atomic E-state index is 13.4. The van der Waals surface area contributed by atoms with Gasteiger partial charge in [0.2, 0.25) is 0 Å². The lowest BCUT2D eigenvalue weighted by molar-refractivity contribution is -0.385. The molecule has 0 bridgehead atoms. The standard InChI is InChI=1S/C11H14FNO5/c1-17-6-8(14)3-7-4-11(18-2)9(12)5-10(7)13(15)16/h4-5,8,14H,3,6H2,1-2H3. The number of aliphatic hydroxyl groups excluding tert-OH is 1. The molecule has 0 saturated heterocycles. The number of benzene rings is 1. The van der Waals surface area contributed by atoms with Gasteiger partial charge in [0.25, 0.3) is 5.69 Å². The minimum absolute atomic E-state index is 0.0131. The summed E-state index contributed by atoms with van der Waals surface area (Å²) in [5.74, 6) is -0.908. The number of aliphatic hydroxyl groups is 1. The number of hydrogen-bond donors (Lipinski definition) is 1. The molecular weight excluding hydrogens is 245 g/mol. The third kappa shape index (κ3) is 3.38. The van der Waals surface area contributed by atoms with Gasteiger partial charge >= 0.3 is 0 Å². The zero-order chi connectivity index (χ0) is 13.7. The third-order valence-electron chi connectivity index (χ3n) is 2.36. The van der Waals surface area contributed by atoms with Crippen LogP contribution in [0.15, 0.2) is 12.1 Å². The van der Waals surface area contributed by atoms with Crippen LogP contribution in [0.5, 0.6) is 5.75 Å². The van der Waals surface area contributed by atoms with Gasteiger partial charge in [-0.1, -0.05) is 0 Å². The SMILES string of the molecule is COCC(O)Cc1cc(OC)c(F)cc1[N+](=O)[O-]. The van der Waals surface area contributed by atoms with E-state index in [1.54, 1.807) is 0 Å². The molecule has 0 amide bonds. The minimum Gasteiger partial charge on any atom is -0.494 e. The first-order valence-electron chi connectivity index (χ1n) is 5.17. The van der Waals surface area contributed by atoms with Crippen molar-refractivity contribution in [2.24, 2.45) is 0 Å². The summed E-state index contributed by atoms with van der Waals surface area (Å²) in [6.45, 7) is 0.0385. The molecule has 0 saturated carbocycles. The van der Waals surface area contributed by atoms with Crippen molar-refractivity contribution < 1.29 is 23.9 Å². The molecule has 1 aromatic rings. The maximum Gasteiger partial charge on any atom is 0.275 e. The number of rotatable bonds is 6. The molecule has 1 unspecified atom stereocenters. The molecule has 100 valence electrons. The van der Waals surface area contributed by atoms with Gasteiger partial charge < -0.3 is 14.6 Å². The summed E-state index contributed by atoms with van der Waals surface area (Å²) < 4.78 is 22.8. The van der Waals surface area contributed by atoms with E-state index in [9.17, 15) is 19.6 Å². The summed E-state index contributed by atoms with van der Waals surface area (Å²) in [4.78, 5) is 10.1. The topological polar surface area (TPSA) is 81.8 Å². The molecule has 6 nitrogen and oxygen atoms in total. The average molecular weight is 259 g/mol. The zero-order valence-electron chi connectivity index (χ0n) is 10.1. The smallest absolute Gasteiger partial charge is 0.275 e. The van der Waals surface area contributed by atoms with E-state index in [1.807, 2.05) is 0 Å². The zero-order valence-corrected chi connectivity index (χ0v) is 10.1. The quantitative estimate of drug-likeness (QED) is 0.615. The molecule has 1 rings (SSSR count). The van der Waals surface area contributed by atoms with Crippen LogP contribution < -0.4 is 4.74 Å². The molecule has 0 radical (unpaired) electrons. The number of nitro groups is 1. The van der Waals surface area contributed by atoms with Crippen molar-refractivity contribution in [1.82, 2.24) is 0 Å². The predicted octanol–water partition coefficient (Wildman–Crippen LogP) is 1.29. The van der Waals surface area contributed by atoms with Crippen molar-refractivity contribution in [2.45, 2.75) is 12.5 Å². The van der Waals surface area contributed by atoms with Crippen LogP contribution in [-0.4, -0.2) is 37.0 Å². The summed E-state index contributed by atoms with van der Waals surface area (Å²) in [6, 6.07) is 2.00. The largest absolute Gasteiger partial charge is 0.494 e. The van der Waals surface area contributed by atoms with Crippen LogP contribution in [0, 0.1) is 15.9 Å². The Balaban J connectivity index is 3.10. The van der Waals surface area contributed by atoms with Gasteiger partial charge in [-0.25, -0.2) is 4.39 Å². The van der Waals surface area contributed by atoms with E-state index >= 15 is 0 Å². The first-order chi connectivity index (χ1) is 8.49. The molecule has 1 N–H and O–H groups in total. The van der Waals surface area contributed by atoms with Crippen molar-refractivity contribution in [3.05, 3.63) is 33.6 Å². The lowest BCUT2D eigenvalue weighted by atomic mass is 10.1. The number of hydrogen-bond acceptors (Lipinski definition) is 5. The van der Waals surface area contributed by atoms with Crippen molar-refractivity contribution in [3.63, 3.8) is 0 Å². The van der Waals surface area contributed by atoms with Gasteiger partial charge in [0.15, 0.2) is 11.6 Å². The fourth-order valence-electron chi connectivity index (χ4n) is 1.58. The molecule has 1 atom stereocenters. The second kappa shape index (κ2) is 6.27. The Morgan fingerprint density at radius 2 is 2.17 bits per heavy atom. The summed E-state index contributed by atoms with van der Waals surface area (Å²) in [7, 11) is 2.67. The van der Waals surface area contributed by atoms with E-state index in [-0.39, 0.29) is 30.0 Å².